The number of carbonyl (C=O) groups is 2. The average Bonchev–Trinajstić information content (AvgIpc) is 2.39. The van der Waals surface area contributed by atoms with Crippen LogP contribution in [0.25, 0.3) is 0 Å². The Morgan fingerprint density at radius 1 is 1.35 bits per heavy atom. The Morgan fingerprint density at radius 2 is 2.18 bits per heavy atom. The minimum atomic E-state index is -0.911. The van der Waals surface area contributed by atoms with E-state index >= 15 is 0 Å². The van der Waals surface area contributed by atoms with Gasteiger partial charge in [0, 0.05) is 19.6 Å². The van der Waals surface area contributed by atoms with Crippen LogP contribution in [0, 0.1) is 0 Å². The number of aliphatic carboxylic acids is 1. The smallest absolute Gasteiger partial charge is 0.327 e. The Bertz CT molecular complexity index is 305. The molecule has 0 aromatic rings. The summed E-state index contributed by atoms with van der Waals surface area (Å²) in [7, 11) is 0. The molecule has 2 rings (SSSR count). The van der Waals surface area contributed by atoms with Crippen molar-refractivity contribution in [1.82, 2.24) is 10.2 Å². The first-order chi connectivity index (χ1) is 8.20. The summed E-state index contributed by atoms with van der Waals surface area (Å²) in [4.78, 5) is 24.9. The Labute approximate surface area is 105 Å². The highest BCUT2D eigenvalue weighted by molar-refractivity contribution is 8.00. The number of nitrogens with zero attached hydrogens (tertiary/aromatic N) is 1. The molecule has 2 saturated heterocycles. The van der Waals surface area contributed by atoms with Gasteiger partial charge < -0.3 is 15.3 Å². The molecule has 0 aromatic carbocycles. The van der Waals surface area contributed by atoms with Crippen molar-refractivity contribution in [3.05, 3.63) is 0 Å². The van der Waals surface area contributed by atoms with Crippen LogP contribution in [-0.2, 0) is 9.59 Å². The van der Waals surface area contributed by atoms with Gasteiger partial charge in [-0.15, -0.1) is 11.8 Å². The van der Waals surface area contributed by atoms with E-state index in [1.807, 2.05) is 0 Å². The van der Waals surface area contributed by atoms with E-state index in [9.17, 15) is 9.59 Å². The van der Waals surface area contributed by atoms with Crippen molar-refractivity contribution in [2.45, 2.75) is 30.6 Å². The first-order valence-corrected chi connectivity index (χ1v) is 7.10. The molecule has 0 bridgehead atoms. The number of thioether (sulfide) groups is 1. The van der Waals surface area contributed by atoms with E-state index in [0.29, 0.717) is 19.6 Å². The molecule has 2 unspecified atom stereocenters. The summed E-state index contributed by atoms with van der Waals surface area (Å²) in [5.41, 5.74) is 0. The number of piperazine rings is 1. The van der Waals surface area contributed by atoms with Crippen molar-refractivity contribution in [2.75, 3.05) is 25.4 Å². The van der Waals surface area contributed by atoms with E-state index in [2.05, 4.69) is 5.32 Å². The minimum Gasteiger partial charge on any atom is -0.480 e. The topological polar surface area (TPSA) is 69.6 Å². The van der Waals surface area contributed by atoms with Gasteiger partial charge in [0.25, 0.3) is 0 Å². The lowest BCUT2D eigenvalue weighted by Crippen LogP contribution is -2.58. The molecule has 1 amide bonds. The van der Waals surface area contributed by atoms with Gasteiger partial charge in [-0.1, -0.05) is 6.42 Å². The summed E-state index contributed by atoms with van der Waals surface area (Å²) in [6, 6.07) is -0.696. The zero-order chi connectivity index (χ0) is 12.3. The van der Waals surface area contributed by atoms with Crippen LogP contribution in [0.15, 0.2) is 0 Å². The van der Waals surface area contributed by atoms with Gasteiger partial charge in [0.05, 0.1) is 5.25 Å². The lowest BCUT2D eigenvalue weighted by atomic mass is 10.1. The Kier molecular flexibility index (Phi) is 4.28. The zero-order valence-electron chi connectivity index (χ0n) is 9.72. The molecule has 5 nitrogen and oxygen atoms in total. The Balaban J connectivity index is 2.02. The van der Waals surface area contributed by atoms with Gasteiger partial charge in [-0.05, 0) is 18.6 Å². The molecule has 96 valence electrons. The second-order valence-electron chi connectivity index (χ2n) is 4.45. The summed E-state index contributed by atoms with van der Waals surface area (Å²) < 4.78 is 0. The molecule has 0 spiro atoms. The lowest BCUT2D eigenvalue weighted by Gasteiger charge is -2.36. The van der Waals surface area contributed by atoms with Crippen LogP contribution in [0.5, 0.6) is 0 Å². The van der Waals surface area contributed by atoms with Crippen LogP contribution >= 0.6 is 11.8 Å². The van der Waals surface area contributed by atoms with Gasteiger partial charge in [-0.25, -0.2) is 4.79 Å². The SMILES string of the molecule is O=C(O)C1CNCCN1C(=O)C1CCCCS1. The number of carbonyl (C=O) groups excluding carboxylic acids is 1. The van der Waals surface area contributed by atoms with E-state index in [1.165, 1.54) is 6.42 Å². The van der Waals surface area contributed by atoms with Crippen molar-refractivity contribution in [1.29, 1.82) is 0 Å². The number of carboxylic acids is 1. The third-order valence-corrected chi connectivity index (χ3v) is 4.63. The quantitative estimate of drug-likeness (QED) is 0.738. The van der Waals surface area contributed by atoms with Crippen molar-refractivity contribution >= 4 is 23.6 Å². The average molecular weight is 258 g/mol. The normalized spacial score (nSPS) is 30.0. The van der Waals surface area contributed by atoms with E-state index in [1.54, 1.807) is 16.7 Å². The predicted octanol–water partition coefficient (Wildman–Crippen LogP) is 0.157. The zero-order valence-corrected chi connectivity index (χ0v) is 10.5. The van der Waals surface area contributed by atoms with Crippen molar-refractivity contribution in [3.8, 4) is 0 Å². The van der Waals surface area contributed by atoms with E-state index in [-0.39, 0.29) is 11.2 Å². The second kappa shape index (κ2) is 5.73. The fraction of sp³-hybridized carbons (Fsp3) is 0.818. The van der Waals surface area contributed by atoms with Crippen LogP contribution in [0.4, 0.5) is 0 Å². The van der Waals surface area contributed by atoms with Gasteiger partial charge in [-0.3, -0.25) is 4.79 Å². The summed E-state index contributed by atoms with van der Waals surface area (Å²) in [6.07, 6.45) is 3.13. The van der Waals surface area contributed by atoms with Gasteiger partial charge in [0.1, 0.15) is 6.04 Å². The summed E-state index contributed by atoms with van der Waals surface area (Å²) in [5, 5.41) is 12.1. The number of carboxylic acid groups (broad SMARTS) is 1. The molecule has 2 fully saturated rings. The van der Waals surface area contributed by atoms with E-state index < -0.39 is 12.0 Å². The summed E-state index contributed by atoms with van der Waals surface area (Å²) in [6.45, 7) is 1.55. The molecular formula is C11H18N2O3S. The second-order valence-corrected chi connectivity index (χ2v) is 5.76. The van der Waals surface area contributed by atoms with E-state index in [0.717, 1.165) is 18.6 Å². The molecule has 0 aromatic heterocycles. The molecule has 0 radical (unpaired) electrons. The largest absolute Gasteiger partial charge is 0.480 e. The number of hydrogen-bond acceptors (Lipinski definition) is 4. The molecule has 17 heavy (non-hydrogen) atoms. The van der Waals surface area contributed by atoms with Crippen LogP contribution in [0.1, 0.15) is 19.3 Å². The molecule has 0 aliphatic carbocycles. The number of rotatable bonds is 2. The first-order valence-electron chi connectivity index (χ1n) is 6.06. The van der Waals surface area contributed by atoms with Crippen LogP contribution < -0.4 is 5.32 Å². The van der Waals surface area contributed by atoms with Gasteiger partial charge in [0.2, 0.25) is 5.91 Å². The highest BCUT2D eigenvalue weighted by atomic mass is 32.2. The molecule has 6 heteroatoms. The minimum absolute atomic E-state index is 0.0172. The molecule has 2 N–H and O–H groups in total. The molecule has 2 heterocycles. The maximum absolute atomic E-state index is 12.3. The third-order valence-electron chi connectivity index (χ3n) is 3.27. The van der Waals surface area contributed by atoms with Crippen molar-refractivity contribution < 1.29 is 14.7 Å². The maximum atomic E-state index is 12.3. The maximum Gasteiger partial charge on any atom is 0.327 e. The molecule has 2 aliphatic rings. The summed E-state index contributed by atoms with van der Waals surface area (Å²) >= 11 is 1.67. The monoisotopic (exact) mass is 258 g/mol. The highest BCUT2D eigenvalue weighted by Crippen LogP contribution is 2.27. The molecular weight excluding hydrogens is 240 g/mol. The fourth-order valence-corrected chi connectivity index (χ4v) is 3.58. The van der Waals surface area contributed by atoms with E-state index in [4.69, 9.17) is 5.11 Å². The predicted molar refractivity (Wildman–Crippen MR) is 66.1 cm³/mol. The standard InChI is InChI=1S/C11H18N2O3S/c14-10(9-3-1-2-6-17-9)13-5-4-12-7-8(13)11(15)16/h8-9,12H,1-7H2,(H,15,16). The number of amides is 1. The van der Waals surface area contributed by atoms with Gasteiger partial charge in [-0.2, -0.15) is 0 Å². The van der Waals surface area contributed by atoms with Gasteiger partial charge >= 0.3 is 5.97 Å². The lowest BCUT2D eigenvalue weighted by molar-refractivity contribution is -0.151. The molecule has 2 atom stereocenters. The van der Waals surface area contributed by atoms with Crippen LogP contribution in [-0.4, -0.2) is 58.6 Å². The van der Waals surface area contributed by atoms with Gasteiger partial charge in [0.15, 0.2) is 0 Å². The fourth-order valence-electron chi connectivity index (χ4n) is 2.31. The van der Waals surface area contributed by atoms with Crippen LogP contribution in [0.3, 0.4) is 0 Å². The highest BCUT2D eigenvalue weighted by Gasteiger charge is 2.35. The Morgan fingerprint density at radius 3 is 2.82 bits per heavy atom. The molecule has 2 aliphatic heterocycles. The van der Waals surface area contributed by atoms with Crippen molar-refractivity contribution in [2.24, 2.45) is 0 Å². The Hall–Kier alpha value is -0.750. The summed E-state index contributed by atoms with van der Waals surface area (Å²) in [5.74, 6) is 0.121. The number of nitrogens with one attached hydrogen (secondary N) is 1. The number of hydrogen-bond donors (Lipinski definition) is 2. The van der Waals surface area contributed by atoms with Crippen molar-refractivity contribution in [3.63, 3.8) is 0 Å². The van der Waals surface area contributed by atoms with Crippen LogP contribution in [0.2, 0.25) is 0 Å². The third kappa shape index (κ3) is 2.93. The molecule has 0 saturated carbocycles. The first kappa shape index (κ1) is 12.7.